The summed E-state index contributed by atoms with van der Waals surface area (Å²) in [5, 5.41) is 2.33. The number of nitrogen functional groups attached to an aromatic ring is 1. The summed E-state index contributed by atoms with van der Waals surface area (Å²) in [6, 6.07) is 13.5. The van der Waals surface area contributed by atoms with Crippen molar-refractivity contribution in [2.75, 3.05) is 17.2 Å². The van der Waals surface area contributed by atoms with E-state index in [0.29, 0.717) is 10.9 Å². The number of aromatic nitrogens is 2. The van der Waals surface area contributed by atoms with E-state index < -0.39 is 15.9 Å². The van der Waals surface area contributed by atoms with Gasteiger partial charge >= 0.3 is 0 Å². The standard InChI is InChI=1S/C17H15N3O3S2/c18-15-8-16(21)20-13(9-24-17(20)19-15)10-25(22,23)14-6-5-11-3-1-2-4-12(11)7-14/h1-8,13H,9-10,18H2/t13-/m0/s1. The van der Waals surface area contributed by atoms with Gasteiger partial charge in [-0.3, -0.25) is 9.36 Å². The maximum absolute atomic E-state index is 12.9. The van der Waals surface area contributed by atoms with Gasteiger partial charge in [-0.25, -0.2) is 13.4 Å². The van der Waals surface area contributed by atoms with Crippen molar-refractivity contribution in [1.82, 2.24) is 9.55 Å². The lowest BCUT2D eigenvalue weighted by molar-refractivity contribution is 0.528. The van der Waals surface area contributed by atoms with Crippen LogP contribution in [0.3, 0.4) is 0 Å². The van der Waals surface area contributed by atoms with E-state index in [1.54, 1.807) is 18.2 Å². The van der Waals surface area contributed by atoms with Crippen LogP contribution in [0.2, 0.25) is 0 Å². The van der Waals surface area contributed by atoms with Crippen LogP contribution in [-0.4, -0.2) is 29.5 Å². The minimum atomic E-state index is -3.54. The summed E-state index contributed by atoms with van der Waals surface area (Å²) in [6.07, 6.45) is 0. The summed E-state index contributed by atoms with van der Waals surface area (Å²) in [6.45, 7) is 0. The van der Waals surface area contributed by atoms with Gasteiger partial charge in [0.1, 0.15) is 5.82 Å². The first-order chi connectivity index (χ1) is 11.9. The van der Waals surface area contributed by atoms with Crippen molar-refractivity contribution in [1.29, 1.82) is 0 Å². The average Bonchev–Trinajstić information content (AvgIpc) is 2.96. The lowest BCUT2D eigenvalue weighted by atomic mass is 10.1. The maximum Gasteiger partial charge on any atom is 0.256 e. The van der Waals surface area contributed by atoms with Crippen LogP contribution in [0.5, 0.6) is 0 Å². The molecule has 8 heteroatoms. The molecule has 2 N–H and O–H groups in total. The molecule has 6 nitrogen and oxygen atoms in total. The molecule has 1 aromatic heterocycles. The smallest absolute Gasteiger partial charge is 0.256 e. The van der Waals surface area contributed by atoms with E-state index in [0.717, 1.165) is 10.8 Å². The molecule has 0 saturated heterocycles. The lowest BCUT2D eigenvalue weighted by Crippen LogP contribution is -2.29. The molecule has 1 aliphatic rings. The molecule has 4 rings (SSSR count). The minimum absolute atomic E-state index is 0.142. The highest BCUT2D eigenvalue weighted by Gasteiger charge is 2.30. The van der Waals surface area contributed by atoms with Crippen LogP contribution in [0.25, 0.3) is 10.8 Å². The van der Waals surface area contributed by atoms with Gasteiger partial charge in [0.25, 0.3) is 5.56 Å². The van der Waals surface area contributed by atoms with Crippen LogP contribution in [-0.2, 0) is 9.84 Å². The van der Waals surface area contributed by atoms with Crippen LogP contribution in [0, 0.1) is 0 Å². The van der Waals surface area contributed by atoms with Crippen molar-refractivity contribution < 1.29 is 8.42 Å². The molecule has 0 fully saturated rings. The van der Waals surface area contributed by atoms with E-state index in [9.17, 15) is 13.2 Å². The van der Waals surface area contributed by atoms with E-state index in [-0.39, 0.29) is 22.0 Å². The van der Waals surface area contributed by atoms with Crippen molar-refractivity contribution >= 4 is 38.2 Å². The van der Waals surface area contributed by atoms with Crippen LogP contribution >= 0.6 is 11.8 Å². The van der Waals surface area contributed by atoms with Gasteiger partial charge in [0.2, 0.25) is 0 Å². The highest BCUT2D eigenvalue weighted by Crippen LogP contribution is 2.32. The Balaban J connectivity index is 1.70. The Morgan fingerprint density at radius 3 is 2.72 bits per heavy atom. The van der Waals surface area contributed by atoms with Gasteiger partial charge < -0.3 is 5.73 Å². The molecular formula is C17H15N3O3S2. The minimum Gasteiger partial charge on any atom is -0.383 e. The Morgan fingerprint density at radius 1 is 1.16 bits per heavy atom. The zero-order chi connectivity index (χ0) is 17.6. The summed E-state index contributed by atoms with van der Waals surface area (Å²) in [7, 11) is -3.54. The second-order valence-corrected chi connectivity index (χ2v) is 8.95. The van der Waals surface area contributed by atoms with E-state index in [4.69, 9.17) is 5.73 Å². The number of nitrogens with zero attached hydrogens (tertiary/aromatic N) is 2. The fourth-order valence-corrected chi connectivity index (χ4v) is 5.86. The van der Waals surface area contributed by atoms with Crippen molar-refractivity contribution in [3.63, 3.8) is 0 Å². The highest BCUT2D eigenvalue weighted by molar-refractivity contribution is 7.99. The summed E-state index contributed by atoms with van der Waals surface area (Å²) < 4.78 is 27.1. The second kappa shape index (κ2) is 5.89. The molecule has 1 aliphatic heterocycles. The molecule has 3 aromatic rings. The summed E-state index contributed by atoms with van der Waals surface area (Å²) in [5.41, 5.74) is 5.28. The fourth-order valence-electron chi connectivity index (χ4n) is 3.00. The molecular weight excluding hydrogens is 358 g/mol. The predicted octanol–water partition coefficient (Wildman–Crippen LogP) is 2.10. The first-order valence-electron chi connectivity index (χ1n) is 7.67. The Morgan fingerprint density at radius 2 is 1.92 bits per heavy atom. The van der Waals surface area contributed by atoms with E-state index in [1.165, 1.54) is 22.4 Å². The van der Waals surface area contributed by atoms with E-state index in [1.807, 2.05) is 24.3 Å². The molecule has 0 saturated carbocycles. The van der Waals surface area contributed by atoms with Crippen LogP contribution in [0.1, 0.15) is 6.04 Å². The molecule has 0 spiro atoms. The van der Waals surface area contributed by atoms with Gasteiger partial charge in [0, 0.05) is 11.8 Å². The Kier molecular flexibility index (Phi) is 3.81. The number of hydrogen-bond acceptors (Lipinski definition) is 6. The summed E-state index contributed by atoms with van der Waals surface area (Å²) in [4.78, 5) is 16.6. The monoisotopic (exact) mass is 373 g/mol. The van der Waals surface area contributed by atoms with Crippen LogP contribution in [0.4, 0.5) is 5.82 Å². The molecule has 2 aromatic carbocycles. The number of hydrogen-bond donors (Lipinski definition) is 1. The number of fused-ring (bicyclic) bond motifs is 2. The summed E-state index contributed by atoms with van der Waals surface area (Å²) >= 11 is 1.35. The van der Waals surface area contributed by atoms with Gasteiger partial charge in [-0.15, -0.1) is 0 Å². The number of benzene rings is 2. The molecule has 128 valence electrons. The van der Waals surface area contributed by atoms with Crippen molar-refractivity contribution in [2.24, 2.45) is 0 Å². The normalized spacial score (nSPS) is 16.9. The molecule has 2 heterocycles. The zero-order valence-electron chi connectivity index (χ0n) is 13.1. The third-order valence-electron chi connectivity index (χ3n) is 4.20. The third-order valence-corrected chi connectivity index (χ3v) is 7.09. The van der Waals surface area contributed by atoms with E-state index >= 15 is 0 Å². The van der Waals surface area contributed by atoms with Gasteiger partial charge in [-0.05, 0) is 22.9 Å². The lowest BCUT2D eigenvalue weighted by Gasteiger charge is -2.14. The number of rotatable bonds is 3. The van der Waals surface area contributed by atoms with Crippen molar-refractivity contribution in [2.45, 2.75) is 16.1 Å². The maximum atomic E-state index is 12.9. The topological polar surface area (TPSA) is 95.1 Å². The van der Waals surface area contributed by atoms with Crippen LogP contribution in [0.15, 0.2) is 63.4 Å². The number of sulfone groups is 1. The Bertz CT molecular complexity index is 1140. The molecule has 1 atom stereocenters. The van der Waals surface area contributed by atoms with Crippen LogP contribution < -0.4 is 11.3 Å². The first-order valence-corrected chi connectivity index (χ1v) is 10.3. The largest absolute Gasteiger partial charge is 0.383 e. The SMILES string of the molecule is Nc1cc(=O)n2c(n1)SC[C@H]2CS(=O)(=O)c1ccc2ccccc2c1. The van der Waals surface area contributed by atoms with Gasteiger partial charge in [0.05, 0.1) is 16.7 Å². The highest BCUT2D eigenvalue weighted by atomic mass is 32.2. The molecule has 0 amide bonds. The molecule has 0 bridgehead atoms. The van der Waals surface area contributed by atoms with Gasteiger partial charge in [-0.2, -0.15) is 0 Å². The molecule has 0 aliphatic carbocycles. The van der Waals surface area contributed by atoms with Gasteiger partial charge in [0.15, 0.2) is 15.0 Å². The fraction of sp³-hybridized carbons (Fsp3) is 0.176. The van der Waals surface area contributed by atoms with E-state index in [2.05, 4.69) is 4.98 Å². The summed E-state index contributed by atoms with van der Waals surface area (Å²) in [5.74, 6) is 0.497. The average molecular weight is 373 g/mol. The number of anilines is 1. The molecule has 0 radical (unpaired) electrons. The second-order valence-electron chi connectivity index (χ2n) is 5.93. The number of thioether (sulfide) groups is 1. The Labute approximate surface area is 148 Å². The predicted molar refractivity (Wildman–Crippen MR) is 98.7 cm³/mol. The first kappa shape index (κ1) is 16.2. The van der Waals surface area contributed by atoms with Crippen molar-refractivity contribution in [3.8, 4) is 0 Å². The molecule has 25 heavy (non-hydrogen) atoms. The van der Waals surface area contributed by atoms with Crippen molar-refractivity contribution in [3.05, 3.63) is 58.9 Å². The zero-order valence-corrected chi connectivity index (χ0v) is 14.8. The quantitative estimate of drug-likeness (QED) is 0.707. The molecule has 0 unspecified atom stereocenters. The van der Waals surface area contributed by atoms with Gasteiger partial charge in [-0.1, -0.05) is 42.1 Å². The number of nitrogens with two attached hydrogens (primary N) is 1. The Hall–Kier alpha value is -2.32. The third kappa shape index (κ3) is 2.91.